The van der Waals surface area contributed by atoms with Gasteiger partial charge in [0.1, 0.15) is 23.3 Å². The number of anilines is 1. The fourth-order valence-corrected chi connectivity index (χ4v) is 5.75. The van der Waals surface area contributed by atoms with Gasteiger partial charge in [-0.25, -0.2) is 22.5 Å². The van der Waals surface area contributed by atoms with Crippen molar-refractivity contribution in [3.63, 3.8) is 0 Å². The maximum Gasteiger partial charge on any atom is 0.238 e. The minimum absolute atomic E-state index is 0.130. The molecule has 1 heterocycles. The summed E-state index contributed by atoms with van der Waals surface area (Å²) in [5.41, 5.74) is 2.76. The second kappa shape index (κ2) is 7.77. The van der Waals surface area contributed by atoms with E-state index in [0.717, 1.165) is 22.6 Å². The van der Waals surface area contributed by atoms with E-state index >= 15 is 0 Å². The molecule has 4 atom stereocenters. The molecule has 0 N–H and O–H groups in total. The Morgan fingerprint density at radius 3 is 1.46 bits per heavy atom. The van der Waals surface area contributed by atoms with Crippen molar-refractivity contribution < 1.29 is 27.2 Å². The fourth-order valence-electron chi connectivity index (χ4n) is 5.75. The van der Waals surface area contributed by atoms with E-state index in [1.54, 1.807) is 24.3 Å². The number of rotatable bonds is 3. The Balaban J connectivity index is 1.49. The molecule has 35 heavy (non-hydrogen) atoms. The van der Waals surface area contributed by atoms with Gasteiger partial charge in [-0.1, -0.05) is 36.4 Å². The van der Waals surface area contributed by atoms with Crippen LogP contribution in [0.1, 0.15) is 11.1 Å². The minimum atomic E-state index is -0.880. The predicted octanol–water partition coefficient (Wildman–Crippen LogP) is 5.67. The highest BCUT2D eigenvalue weighted by atomic mass is 19.1. The van der Waals surface area contributed by atoms with Crippen LogP contribution in [-0.2, 0) is 9.59 Å². The second-order valence-corrected chi connectivity index (χ2v) is 8.97. The average molecular weight is 475 g/mol. The van der Waals surface area contributed by atoms with E-state index in [9.17, 15) is 27.2 Å². The Kier molecular flexibility index (Phi) is 4.78. The molecule has 1 aliphatic heterocycles. The van der Waals surface area contributed by atoms with Crippen molar-refractivity contribution in [2.45, 2.75) is 0 Å². The lowest BCUT2D eigenvalue weighted by atomic mass is 9.85. The van der Waals surface area contributed by atoms with E-state index in [4.69, 9.17) is 0 Å². The van der Waals surface area contributed by atoms with Crippen molar-refractivity contribution in [1.29, 1.82) is 0 Å². The SMILES string of the molecule is O=C1[C@@H]2[C@H](C(=O)N1c1cc(F)cc(F)c1)[C@H]1C=C[C@H]2C1=C(c1ccc(F)cc1)c1ccc(F)cc1. The molecule has 1 saturated carbocycles. The van der Waals surface area contributed by atoms with Gasteiger partial charge in [-0.2, -0.15) is 0 Å². The highest BCUT2D eigenvalue weighted by Crippen LogP contribution is 2.58. The minimum Gasteiger partial charge on any atom is -0.274 e. The molecule has 3 nitrogen and oxygen atoms in total. The summed E-state index contributed by atoms with van der Waals surface area (Å²) >= 11 is 0. The first kappa shape index (κ1) is 21.5. The van der Waals surface area contributed by atoms with E-state index in [0.29, 0.717) is 22.8 Å². The summed E-state index contributed by atoms with van der Waals surface area (Å²) in [6.45, 7) is 0. The number of halogens is 4. The van der Waals surface area contributed by atoms with E-state index in [2.05, 4.69) is 0 Å². The Bertz CT molecular complexity index is 1340. The highest BCUT2D eigenvalue weighted by molar-refractivity contribution is 6.23. The molecule has 2 fully saturated rings. The number of fused-ring (bicyclic) bond motifs is 5. The molecule has 3 aliphatic rings. The van der Waals surface area contributed by atoms with E-state index in [1.165, 1.54) is 24.3 Å². The van der Waals surface area contributed by atoms with Crippen molar-refractivity contribution in [2.24, 2.45) is 23.7 Å². The van der Waals surface area contributed by atoms with Gasteiger partial charge in [0.2, 0.25) is 11.8 Å². The molecule has 1 saturated heterocycles. The van der Waals surface area contributed by atoms with Crippen LogP contribution >= 0.6 is 0 Å². The number of allylic oxidation sites excluding steroid dienone is 3. The quantitative estimate of drug-likeness (QED) is 0.278. The van der Waals surface area contributed by atoms with Gasteiger partial charge in [-0.05, 0) is 58.7 Å². The molecule has 0 unspecified atom stereocenters. The van der Waals surface area contributed by atoms with Crippen LogP contribution in [0, 0.1) is 46.9 Å². The third kappa shape index (κ3) is 3.26. The van der Waals surface area contributed by atoms with Crippen LogP contribution < -0.4 is 4.90 Å². The Hall–Kier alpha value is -4.00. The Morgan fingerprint density at radius 2 is 1.03 bits per heavy atom. The van der Waals surface area contributed by atoms with E-state index < -0.39 is 58.8 Å². The molecule has 2 aliphatic carbocycles. The van der Waals surface area contributed by atoms with E-state index in [1.807, 2.05) is 12.2 Å². The summed E-state index contributed by atoms with van der Waals surface area (Å²) in [5.74, 6) is -5.94. The maximum atomic E-state index is 13.8. The Morgan fingerprint density at radius 1 is 0.600 bits per heavy atom. The number of carbonyl (C=O) groups excluding carboxylic acids is 2. The summed E-state index contributed by atoms with van der Waals surface area (Å²) in [7, 11) is 0. The number of amides is 2. The number of hydrogen-bond acceptors (Lipinski definition) is 2. The van der Waals surface area contributed by atoms with Crippen molar-refractivity contribution in [3.05, 3.63) is 119 Å². The number of imide groups is 1. The van der Waals surface area contributed by atoms with Crippen LogP contribution in [0.4, 0.5) is 23.2 Å². The third-order valence-corrected chi connectivity index (χ3v) is 7.08. The number of carbonyl (C=O) groups is 2. The van der Waals surface area contributed by atoms with Crippen LogP contribution in [0.2, 0.25) is 0 Å². The van der Waals surface area contributed by atoms with Gasteiger partial charge in [0, 0.05) is 17.9 Å². The molecule has 0 spiro atoms. The lowest BCUT2D eigenvalue weighted by Gasteiger charge is -2.21. The molecule has 3 aromatic rings. The monoisotopic (exact) mass is 475 g/mol. The van der Waals surface area contributed by atoms with Crippen LogP contribution in [0.5, 0.6) is 0 Å². The molecular weight excluding hydrogens is 458 g/mol. The van der Waals surface area contributed by atoms with Gasteiger partial charge in [0.05, 0.1) is 17.5 Å². The zero-order valence-corrected chi connectivity index (χ0v) is 18.1. The zero-order chi connectivity index (χ0) is 24.4. The third-order valence-electron chi connectivity index (χ3n) is 7.08. The van der Waals surface area contributed by atoms with Gasteiger partial charge in [0.15, 0.2) is 0 Å². The number of benzene rings is 3. The highest BCUT2D eigenvalue weighted by Gasteiger charge is 2.62. The van der Waals surface area contributed by atoms with Crippen molar-refractivity contribution >= 4 is 23.1 Å². The number of nitrogens with zero attached hydrogens (tertiary/aromatic N) is 1. The van der Waals surface area contributed by atoms with Crippen LogP contribution in [0.15, 0.2) is 84.5 Å². The molecule has 174 valence electrons. The second-order valence-electron chi connectivity index (χ2n) is 8.97. The van der Waals surface area contributed by atoms with Gasteiger partial charge in [-0.3, -0.25) is 9.59 Å². The first-order valence-corrected chi connectivity index (χ1v) is 11.1. The Labute approximate surface area is 198 Å². The predicted molar refractivity (Wildman–Crippen MR) is 121 cm³/mol. The summed E-state index contributed by atoms with van der Waals surface area (Å²) in [5, 5.41) is 0. The summed E-state index contributed by atoms with van der Waals surface area (Å²) in [4.78, 5) is 27.8. The van der Waals surface area contributed by atoms with E-state index in [-0.39, 0.29) is 5.69 Å². The molecule has 0 radical (unpaired) electrons. The molecule has 7 heteroatoms. The molecule has 3 aromatic carbocycles. The number of hydrogen-bond donors (Lipinski definition) is 0. The van der Waals surface area contributed by atoms with Gasteiger partial charge in [-0.15, -0.1) is 0 Å². The topological polar surface area (TPSA) is 37.4 Å². The van der Waals surface area contributed by atoms with Crippen molar-refractivity contribution in [1.82, 2.24) is 0 Å². The van der Waals surface area contributed by atoms with Gasteiger partial charge < -0.3 is 0 Å². The van der Waals surface area contributed by atoms with Gasteiger partial charge in [0.25, 0.3) is 0 Å². The van der Waals surface area contributed by atoms with Crippen molar-refractivity contribution in [3.8, 4) is 0 Å². The first-order valence-electron chi connectivity index (χ1n) is 11.1. The zero-order valence-electron chi connectivity index (χ0n) is 18.1. The summed E-state index contributed by atoms with van der Waals surface area (Å²) in [6, 6.07) is 14.3. The molecular formula is C28H17F4NO2. The van der Waals surface area contributed by atoms with Crippen LogP contribution in [-0.4, -0.2) is 11.8 Å². The smallest absolute Gasteiger partial charge is 0.238 e. The largest absolute Gasteiger partial charge is 0.274 e. The summed E-state index contributed by atoms with van der Waals surface area (Å²) < 4.78 is 55.0. The summed E-state index contributed by atoms with van der Waals surface area (Å²) in [6.07, 6.45) is 3.74. The van der Waals surface area contributed by atoms with Crippen LogP contribution in [0.3, 0.4) is 0 Å². The molecule has 2 amide bonds. The van der Waals surface area contributed by atoms with Crippen molar-refractivity contribution in [2.75, 3.05) is 4.90 Å². The average Bonchev–Trinajstić information content (AvgIpc) is 3.45. The lowest BCUT2D eigenvalue weighted by molar-refractivity contribution is -0.122. The normalized spacial score (nSPS) is 24.5. The maximum absolute atomic E-state index is 13.8. The fraction of sp³-hybridized carbons (Fsp3) is 0.143. The molecule has 6 rings (SSSR count). The molecule has 2 bridgehead atoms. The molecule has 0 aromatic heterocycles. The van der Waals surface area contributed by atoms with Crippen LogP contribution in [0.25, 0.3) is 5.57 Å². The van der Waals surface area contributed by atoms with Gasteiger partial charge >= 0.3 is 0 Å². The lowest BCUT2D eigenvalue weighted by Crippen LogP contribution is -2.33. The standard InChI is InChI=1S/C28H17F4NO2/c29-16-5-1-14(2-6-16)23(15-3-7-17(30)8-4-15)24-21-9-10-22(24)26-25(21)27(34)33(28(26)35)20-12-18(31)11-19(32)13-20/h1-13,21-22,25-26H/t21-,22-,25-,26+/m0/s1. The first-order chi connectivity index (χ1) is 16.8.